The van der Waals surface area contributed by atoms with Crippen LogP contribution in [0.4, 0.5) is 0 Å². The van der Waals surface area contributed by atoms with Gasteiger partial charge in [0.25, 0.3) is 0 Å². The molecule has 0 aromatic carbocycles. The van der Waals surface area contributed by atoms with Crippen molar-refractivity contribution in [1.29, 1.82) is 0 Å². The van der Waals surface area contributed by atoms with E-state index in [1.165, 1.54) is 0 Å². The molecule has 0 unspecified atom stereocenters. The highest BCUT2D eigenvalue weighted by molar-refractivity contribution is 6.30. The van der Waals surface area contributed by atoms with E-state index in [0.29, 0.717) is 11.8 Å². The average Bonchev–Trinajstić information content (AvgIpc) is 2.08. The van der Waals surface area contributed by atoms with E-state index in [0.717, 1.165) is 19.3 Å². The molecule has 1 aliphatic rings. The first-order valence-corrected chi connectivity index (χ1v) is 5.97. The molecule has 0 nitrogen and oxygen atoms in total. The van der Waals surface area contributed by atoms with Crippen molar-refractivity contribution in [2.45, 2.75) is 35.4 Å². The van der Waals surface area contributed by atoms with E-state index in [9.17, 15) is 0 Å². The van der Waals surface area contributed by atoms with Crippen molar-refractivity contribution in [3.8, 4) is 0 Å². The summed E-state index contributed by atoms with van der Waals surface area (Å²) in [5.41, 5.74) is 0. The van der Waals surface area contributed by atoms with Gasteiger partial charge in [0.1, 0.15) is 0 Å². The van der Waals surface area contributed by atoms with E-state index >= 15 is 0 Å². The number of halogens is 4. The summed E-state index contributed by atoms with van der Waals surface area (Å²) in [5, 5.41) is 0.231. The Morgan fingerprint density at radius 2 is 1.83 bits per heavy atom. The van der Waals surface area contributed by atoms with E-state index in [2.05, 4.69) is 0 Å². The van der Waals surface area contributed by atoms with Crippen molar-refractivity contribution in [2.24, 2.45) is 5.92 Å². The van der Waals surface area contributed by atoms with E-state index in [1.807, 2.05) is 0 Å². The molecule has 0 spiro atoms. The summed E-state index contributed by atoms with van der Waals surface area (Å²) in [6, 6.07) is 0. The fourth-order valence-electron chi connectivity index (χ4n) is 1.56. The van der Waals surface area contributed by atoms with Crippen LogP contribution >= 0.6 is 46.4 Å². The highest BCUT2D eigenvalue weighted by atomic mass is 35.5. The SMILES string of the molecule is ClC[C@@H](Cl)[C@@H]1CC[C@H](Cl)[C@@H](Cl)C1. The maximum Gasteiger partial charge on any atom is 0.0502 e. The topological polar surface area (TPSA) is 0 Å². The highest BCUT2D eigenvalue weighted by Crippen LogP contribution is 2.35. The minimum Gasteiger partial charge on any atom is -0.125 e. The highest BCUT2D eigenvalue weighted by Gasteiger charge is 2.31. The molecule has 72 valence electrons. The lowest BCUT2D eigenvalue weighted by Gasteiger charge is -2.31. The van der Waals surface area contributed by atoms with E-state index in [4.69, 9.17) is 46.4 Å². The van der Waals surface area contributed by atoms with Crippen molar-refractivity contribution in [2.75, 3.05) is 5.88 Å². The molecular formula is C8H12Cl4. The zero-order valence-electron chi connectivity index (χ0n) is 6.65. The summed E-state index contributed by atoms with van der Waals surface area (Å²) in [5.74, 6) is 0.949. The van der Waals surface area contributed by atoms with Crippen LogP contribution in [0.2, 0.25) is 0 Å². The van der Waals surface area contributed by atoms with Gasteiger partial charge in [-0.15, -0.1) is 46.4 Å². The largest absolute Gasteiger partial charge is 0.125 e. The van der Waals surface area contributed by atoms with Crippen LogP contribution in [-0.2, 0) is 0 Å². The Kier molecular flexibility index (Phi) is 4.82. The van der Waals surface area contributed by atoms with Crippen LogP contribution in [0.1, 0.15) is 19.3 Å². The molecule has 0 aromatic rings. The van der Waals surface area contributed by atoms with Gasteiger partial charge in [-0.2, -0.15) is 0 Å². The Bertz CT molecular complexity index is 139. The standard InChI is InChI=1S/C8H12Cl4/c9-4-8(12)5-1-2-6(10)7(11)3-5/h5-8H,1-4H2/t5-,6+,7+,8-/m1/s1. The van der Waals surface area contributed by atoms with E-state index < -0.39 is 0 Å². The molecule has 12 heavy (non-hydrogen) atoms. The lowest BCUT2D eigenvalue weighted by Crippen LogP contribution is -2.31. The molecule has 1 rings (SSSR count). The molecule has 0 saturated heterocycles. The molecule has 4 atom stereocenters. The number of hydrogen-bond donors (Lipinski definition) is 0. The molecule has 1 fully saturated rings. The fraction of sp³-hybridized carbons (Fsp3) is 1.00. The van der Waals surface area contributed by atoms with Gasteiger partial charge in [-0.1, -0.05) is 0 Å². The van der Waals surface area contributed by atoms with Gasteiger partial charge in [0.15, 0.2) is 0 Å². The average molecular weight is 250 g/mol. The third-order valence-electron chi connectivity index (χ3n) is 2.39. The molecule has 0 amide bonds. The Morgan fingerprint density at radius 1 is 1.17 bits per heavy atom. The van der Waals surface area contributed by atoms with Gasteiger partial charge in [0, 0.05) is 16.6 Å². The van der Waals surface area contributed by atoms with Gasteiger partial charge >= 0.3 is 0 Å². The summed E-state index contributed by atoms with van der Waals surface area (Å²) in [6.07, 6.45) is 2.91. The summed E-state index contributed by atoms with van der Waals surface area (Å²) in [6.45, 7) is 0. The monoisotopic (exact) mass is 248 g/mol. The van der Waals surface area contributed by atoms with E-state index in [1.54, 1.807) is 0 Å². The molecule has 1 saturated carbocycles. The lowest BCUT2D eigenvalue weighted by atomic mass is 9.86. The predicted molar refractivity (Wildman–Crippen MR) is 57.0 cm³/mol. The second-order valence-electron chi connectivity index (χ2n) is 3.28. The zero-order valence-corrected chi connectivity index (χ0v) is 9.67. The molecule has 0 bridgehead atoms. The molecule has 1 aliphatic carbocycles. The summed E-state index contributed by atoms with van der Waals surface area (Å²) in [7, 11) is 0. The molecule has 0 radical (unpaired) electrons. The van der Waals surface area contributed by atoms with Gasteiger partial charge < -0.3 is 0 Å². The first kappa shape index (κ1) is 11.2. The van der Waals surface area contributed by atoms with Crippen LogP contribution in [0, 0.1) is 5.92 Å². The van der Waals surface area contributed by atoms with Crippen molar-refractivity contribution in [3.63, 3.8) is 0 Å². The minimum atomic E-state index is 0.0529. The predicted octanol–water partition coefficient (Wildman–Crippen LogP) is 3.85. The van der Waals surface area contributed by atoms with Gasteiger partial charge in [-0.25, -0.2) is 0 Å². The van der Waals surface area contributed by atoms with Crippen molar-refractivity contribution in [1.82, 2.24) is 0 Å². The van der Waals surface area contributed by atoms with Crippen LogP contribution in [0.15, 0.2) is 0 Å². The van der Waals surface area contributed by atoms with Crippen molar-refractivity contribution < 1.29 is 0 Å². The van der Waals surface area contributed by atoms with Crippen LogP contribution in [0.25, 0.3) is 0 Å². The van der Waals surface area contributed by atoms with Crippen LogP contribution < -0.4 is 0 Å². The van der Waals surface area contributed by atoms with Crippen molar-refractivity contribution in [3.05, 3.63) is 0 Å². The second-order valence-corrected chi connectivity index (χ2v) is 5.27. The Hall–Kier alpha value is 1.16. The first-order valence-electron chi connectivity index (χ1n) is 4.13. The molecular weight excluding hydrogens is 238 g/mol. The maximum absolute atomic E-state index is 6.03. The molecule has 0 heterocycles. The summed E-state index contributed by atoms with van der Waals surface area (Å²) >= 11 is 23.7. The number of rotatable bonds is 2. The van der Waals surface area contributed by atoms with Crippen LogP contribution in [0.5, 0.6) is 0 Å². The van der Waals surface area contributed by atoms with E-state index in [-0.39, 0.29) is 16.1 Å². The normalized spacial score (nSPS) is 39.5. The Balaban J connectivity index is 2.39. The lowest BCUT2D eigenvalue weighted by molar-refractivity contribution is 0.364. The van der Waals surface area contributed by atoms with Crippen molar-refractivity contribution >= 4 is 46.4 Å². The van der Waals surface area contributed by atoms with Gasteiger partial charge in [-0.05, 0) is 25.2 Å². The molecule has 0 N–H and O–H groups in total. The third kappa shape index (κ3) is 2.83. The quantitative estimate of drug-likeness (QED) is 0.653. The maximum atomic E-state index is 6.03. The first-order chi connectivity index (χ1) is 5.65. The smallest absolute Gasteiger partial charge is 0.0502 e. The molecule has 0 aromatic heterocycles. The number of alkyl halides is 4. The zero-order chi connectivity index (χ0) is 9.14. The number of hydrogen-bond acceptors (Lipinski definition) is 0. The minimum absolute atomic E-state index is 0.0529. The fourth-order valence-corrected chi connectivity index (χ4v) is 2.63. The third-order valence-corrected chi connectivity index (χ3v) is 4.53. The van der Waals surface area contributed by atoms with Crippen LogP contribution in [-0.4, -0.2) is 22.0 Å². The molecule has 0 aliphatic heterocycles. The Morgan fingerprint density at radius 3 is 2.33 bits per heavy atom. The summed E-state index contributed by atoms with van der Waals surface area (Å²) < 4.78 is 0. The second kappa shape index (κ2) is 5.14. The molecule has 4 heteroatoms. The summed E-state index contributed by atoms with van der Waals surface area (Å²) in [4.78, 5) is 0. The van der Waals surface area contributed by atoms with Crippen LogP contribution in [0.3, 0.4) is 0 Å². The Labute approximate surface area is 93.5 Å². The van der Waals surface area contributed by atoms with Gasteiger partial charge in [0.2, 0.25) is 0 Å². The van der Waals surface area contributed by atoms with Gasteiger partial charge in [0.05, 0.1) is 5.38 Å². The van der Waals surface area contributed by atoms with Gasteiger partial charge in [-0.3, -0.25) is 0 Å².